The summed E-state index contributed by atoms with van der Waals surface area (Å²) in [5.74, 6) is 1.65. The predicted molar refractivity (Wildman–Crippen MR) is 78.9 cm³/mol. The van der Waals surface area contributed by atoms with E-state index in [1.165, 1.54) is 0 Å². The van der Waals surface area contributed by atoms with Crippen LogP contribution in [0.2, 0.25) is 19.6 Å². The van der Waals surface area contributed by atoms with E-state index >= 15 is 0 Å². The van der Waals surface area contributed by atoms with Crippen molar-refractivity contribution in [2.45, 2.75) is 25.7 Å². The van der Waals surface area contributed by atoms with Gasteiger partial charge in [0.25, 0.3) is 0 Å². The largest absolute Gasteiger partial charge is 0.496 e. The van der Waals surface area contributed by atoms with Gasteiger partial charge in [0, 0.05) is 11.6 Å². The number of benzene rings is 1. The third kappa shape index (κ3) is 3.89. The van der Waals surface area contributed by atoms with Gasteiger partial charge in [0.05, 0.1) is 27.4 Å². The lowest BCUT2D eigenvalue weighted by molar-refractivity contribution is 0.246. The maximum atomic E-state index is 9.37. The Morgan fingerprint density at radius 1 is 0.950 bits per heavy atom. The van der Waals surface area contributed by atoms with E-state index in [1.807, 2.05) is 19.6 Å². The highest BCUT2D eigenvalue weighted by Crippen LogP contribution is 2.39. The van der Waals surface area contributed by atoms with Crippen molar-refractivity contribution in [3.05, 3.63) is 17.7 Å². The number of ether oxygens (including phenoxy) is 3. The van der Waals surface area contributed by atoms with E-state index in [0.29, 0.717) is 22.8 Å². The molecule has 0 fully saturated rings. The molecule has 1 unspecified atom stereocenters. The molecule has 0 radical (unpaired) electrons. The van der Waals surface area contributed by atoms with Crippen LogP contribution in [0.25, 0.3) is 0 Å². The highest BCUT2D eigenvalue weighted by atomic mass is 28.4. The van der Waals surface area contributed by atoms with E-state index in [0.717, 1.165) is 0 Å². The van der Waals surface area contributed by atoms with Crippen LogP contribution in [0.4, 0.5) is 0 Å². The lowest BCUT2D eigenvalue weighted by atomic mass is 10.1. The Labute approximate surface area is 121 Å². The molecule has 0 aliphatic heterocycles. The van der Waals surface area contributed by atoms with Gasteiger partial charge in [-0.3, -0.25) is 0 Å². The minimum atomic E-state index is -1.86. The minimum Gasteiger partial charge on any atom is -0.496 e. The third-order valence-electron chi connectivity index (χ3n) is 2.61. The third-order valence-corrected chi connectivity index (χ3v) is 3.55. The topological polar surface area (TPSA) is 60.7 Å². The number of rotatable bonds is 6. The fourth-order valence-electron chi connectivity index (χ4n) is 1.77. The van der Waals surface area contributed by atoms with Gasteiger partial charge in [-0.2, -0.15) is 5.26 Å². The van der Waals surface area contributed by atoms with Gasteiger partial charge >= 0.3 is 0 Å². The van der Waals surface area contributed by atoms with Crippen molar-refractivity contribution in [2.75, 3.05) is 21.3 Å². The normalized spacial score (nSPS) is 12.4. The molecule has 0 aromatic heterocycles. The van der Waals surface area contributed by atoms with Gasteiger partial charge in [0.1, 0.15) is 5.75 Å². The van der Waals surface area contributed by atoms with E-state index in [2.05, 4.69) is 6.07 Å². The van der Waals surface area contributed by atoms with Crippen LogP contribution in [0.1, 0.15) is 11.7 Å². The number of methoxy groups -OCH3 is 3. The smallest absolute Gasteiger partial charge is 0.186 e. The van der Waals surface area contributed by atoms with Crippen molar-refractivity contribution in [1.82, 2.24) is 0 Å². The molecule has 1 aromatic carbocycles. The molecule has 0 N–H and O–H groups in total. The first-order valence-corrected chi connectivity index (χ1v) is 9.64. The summed E-state index contributed by atoms with van der Waals surface area (Å²) >= 11 is 0. The Morgan fingerprint density at radius 2 is 1.45 bits per heavy atom. The van der Waals surface area contributed by atoms with Gasteiger partial charge in [-0.25, -0.2) is 0 Å². The summed E-state index contributed by atoms with van der Waals surface area (Å²) in [5, 5.41) is 9.37. The Morgan fingerprint density at radius 3 is 1.85 bits per heavy atom. The Bertz CT molecular complexity index is 505. The second-order valence-electron chi connectivity index (χ2n) is 5.19. The molecule has 0 heterocycles. The van der Waals surface area contributed by atoms with E-state index in [1.54, 1.807) is 33.5 Å². The van der Waals surface area contributed by atoms with Crippen LogP contribution in [0, 0.1) is 11.3 Å². The first-order valence-electron chi connectivity index (χ1n) is 6.23. The average Bonchev–Trinajstić information content (AvgIpc) is 2.42. The fourth-order valence-corrected chi connectivity index (χ4v) is 2.66. The first-order chi connectivity index (χ1) is 9.36. The second kappa shape index (κ2) is 6.64. The van der Waals surface area contributed by atoms with E-state index in [9.17, 15) is 5.26 Å². The van der Waals surface area contributed by atoms with Gasteiger partial charge in [-0.1, -0.05) is 0 Å². The summed E-state index contributed by atoms with van der Waals surface area (Å²) < 4.78 is 21.7. The summed E-state index contributed by atoms with van der Waals surface area (Å²) in [4.78, 5) is 0. The van der Waals surface area contributed by atoms with Crippen LogP contribution in [-0.4, -0.2) is 29.6 Å². The molecule has 1 rings (SSSR count). The molecule has 1 atom stereocenters. The number of hydrogen-bond acceptors (Lipinski definition) is 5. The Kier molecular flexibility index (Phi) is 5.42. The maximum Gasteiger partial charge on any atom is 0.186 e. The molecule has 0 saturated carbocycles. The highest BCUT2D eigenvalue weighted by Gasteiger charge is 2.26. The molecular weight excluding hydrogens is 274 g/mol. The van der Waals surface area contributed by atoms with E-state index < -0.39 is 14.4 Å². The predicted octanol–water partition coefficient (Wildman–Crippen LogP) is 3.13. The van der Waals surface area contributed by atoms with Crippen molar-refractivity contribution in [1.29, 1.82) is 5.26 Å². The zero-order valence-electron chi connectivity index (χ0n) is 12.8. The van der Waals surface area contributed by atoms with Crippen LogP contribution in [0.5, 0.6) is 17.2 Å². The number of hydrogen-bond donors (Lipinski definition) is 0. The summed E-state index contributed by atoms with van der Waals surface area (Å²) in [6.07, 6.45) is -0.684. The Balaban J connectivity index is 3.30. The monoisotopic (exact) mass is 295 g/mol. The number of nitriles is 1. The molecule has 6 heteroatoms. The van der Waals surface area contributed by atoms with Crippen LogP contribution < -0.4 is 14.2 Å². The summed E-state index contributed by atoms with van der Waals surface area (Å²) in [6.45, 7) is 6.10. The van der Waals surface area contributed by atoms with Crippen LogP contribution in [0.15, 0.2) is 12.1 Å². The average molecular weight is 295 g/mol. The zero-order valence-corrected chi connectivity index (χ0v) is 13.8. The summed E-state index contributed by atoms with van der Waals surface area (Å²) in [7, 11) is 2.79. The molecule has 0 aliphatic carbocycles. The molecule has 0 bridgehead atoms. The lowest BCUT2D eigenvalue weighted by Gasteiger charge is -2.24. The lowest BCUT2D eigenvalue weighted by Crippen LogP contribution is -2.27. The van der Waals surface area contributed by atoms with Crippen molar-refractivity contribution in [2.24, 2.45) is 0 Å². The summed E-state index contributed by atoms with van der Waals surface area (Å²) in [5.41, 5.74) is 0.648. The van der Waals surface area contributed by atoms with Crippen molar-refractivity contribution < 1.29 is 18.6 Å². The molecule has 110 valence electrons. The SMILES string of the molecule is COc1cc(OC)c(C(C#N)O[Si](C)(C)C)cc1OC. The van der Waals surface area contributed by atoms with Gasteiger partial charge < -0.3 is 18.6 Å². The van der Waals surface area contributed by atoms with Crippen molar-refractivity contribution in [3.63, 3.8) is 0 Å². The molecule has 0 amide bonds. The molecule has 5 nitrogen and oxygen atoms in total. The van der Waals surface area contributed by atoms with E-state index in [-0.39, 0.29) is 0 Å². The highest BCUT2D eigenvalue weighted by molar-refractivity contribution is 6.69. The van der Waals surface area contributed by atoms with Gasteiger partial charge in [0.15, 0.2) is 25.9 Å². The molecule has 0 aliphatic rings. The maximum absolute atomic E-state index is 9.37. The summed E-state index contributed by atoms with van der Waals surface area (Å²) in [6, 6.07) is 5.60. The first kappa shape index (κ1) is 16.3. The van der Waals surface area contributed by atoms with Gasteiger partial charge in [0.2, 0.25) is 0 Å². The molecule has 0 saturated heterocycles. The molecule has 1 aromatic rings. The molecule has 20 heavy (non-hydrogen) atoms. The second-order valence-corrected chi connectivity index (χ2v) is 9.65. The van der Waals surface area contributed by atoms with Crippen LogP contribution in [-0.2, 0) is 4.43 Å². The van der Waals surface area contributed by atoms with Crippen LogP contribution in [0.3, 0.4) is 0 Å². The van der Waals surface area contributed by atoms with Crippen molar-refractivity contribution in [3.8, 4) is 23.3 Å². The van der Waals surface area contributed by atoms with Gasteiger partial charge in [-0.15, -0.1) is 0 Å². The van der Waals surface area contributed by atoms with Crippen LogP contribution >= 0.6 is 0 Å². The number of nitrogens with zero attached hydrogens (tertiary/aromatic N) is 1. The quantitative estimate of drug-likeness (QED) is 0.755. The molecule has 0 spiro atoms. The van der Waals surface area contributed by atoms with E-state index in [4.69, 9.17) is 18.6 Å². The minimum absolute atomic E-state index is 0.544. The van der Waals surface area contributed by atoms with Gasteiger partial charge in [-0.05, 0) is 25.7 Å². The zero-order chi connectivity index (χ0) is 15.3. The standard InChI is InChI=1S/C14H21NO4Si/c1-16-11-8-13(18-3)12(17-2)7-10(11)14(9-15)19-20(4,5)6/h7-8,14H,1-6H3. The van der Waals surface area contributed by atoms with Crippen molar-refractivity contribution >= 4 is 8.32 Å². The Hall–Kier alpha value is -1.71. The molecular formula is C14H21NO4Si. The fraction of sp³-hybridized carbons (Fsp3) is 0.500.